The highest BCUT2D eigenvalue weighted by Crippen LogP contribution is 2.37. The molecule has 0 radical (unpaired) electrons. The lowest BCUT2D eigenvalue weighted by Gasteiger charge is -2.31. The van der Waals surface area contributed by atoms with Crippen molar-refractivity contribution >= 4 is 41.5 Å². The Balaban J connectivity index is 0.00000122. The molecule has 2 aromatic carbocycles. The molecule has 0 saturated carbocycles. The molecule has 0 aliphatic carbocycles. The molecule has 33 heavy (non-hydrogen) atoms. The summed E-state index contributed by atoms with van der Waals surface area (Å²) in [5, 5.41) is 3.45. The Morgan fingerprint density at radius 1 is 1.06 bits per heavy atom. The second-order valence-corrected chi connectivity index (χ2v) is 10.1. The van der Waals surface area contributed by atoms with E-state index in [-0.39, 0.29) is 6.41 Å². The zero-order chi connectivity index (χ0) is 23.9. The Hall–Kier alpha value is -1.83. The van der Waals surface area contributed by atoms with Gasteiger partial charge in [-0.2, -0.15) is 0 Å². The van der Waals surface area contributed by atoms with E-state index < -0.39 is 0 Å². The van der Waals surface area contributed by atoms with Crippen molar-refractivity contribution in [2.45, 2.75) is 43.9 Å². The average molecular weight is 489 g/mol. The topological polar surface area (TPSA) is 61.6 Å². The number of piperazine rings is 1. The van der Waals surface area contributed by atoms with Gasteiger partial charge in [0.05, 0.1) is 5.69 Å². The van der Waals surface area contributed by atoms with Crippen LogP contribution in [0.3, 0.4) is 0 Å². The van der Waals surface area contributed by atoms with Crippen molar-refractivity contribution in [1.29, 1.82) is 0 Å². The van der Waals surface area contributed by atoms with Gasteiger partial charge in [0.15, 0.2) is 0 Å². The van der Waals surface area contributed by atoms with Crippen LogP contribution in [0.5, 0.6) is 0 Å². The monoisotopic (exact) mass is 488 g/mol. The maximum absolute atomic E-state index is 8.58. The van der Waals surface area contributed by atoms with Crippen molar-refractivity contribution in [3.8, 4) is 11.1 Å². The number of rotatable bonds is 11. The molecule has 2 aromatic rings. The fraction of sp³-hybridized carbons (Fsp3) is 0.500. The third kappa shape index (κ3) is 9.14. The quantitative estimate of drug-likeness (QED) is 0.185. The molecule has 3 N–H and O–H groups in total. The molecular weight excluding hydrogens is 448 g/mol. The van der Waals surface area contributed by atoms with Crippen molar-refractivity contribution in [2.75, 3.05) is 54.4 Å². The lowest BCUT2D eigenvalue weighted by molar-refractivity contribution is -0.106. The number of unbranched alkanes of at least 4 members (excludes halogenated alkanes) is 4. The number of nitrogens with zero attached hydrogens (tertiary/aromatic N) is 2. The molecular formula is C26H40N4OS2. The number of hydrogen-bond donors (Lipinski definition) is 2. The number of primary amides is 1. The normalized spacial score (nSPS) is 13.2. The fourth-order valence-electron chi connectivity index (χ4n) is 3.87. The Kier molecular flexibility index (Phi) is 13.2. The van der Waals surface area contributed by atoms with Gasteiger partial charge in [0.1, 0.15) is 0 Å². The highest BCUT2D eigenvalue weighted by atomic mass is 32.2. The molecule has 1 heterocycles. The first-order valence-electron chi connectivity index (χ1n) is 11.9. The summed E-state index contributed by atoms with van der Waals surface area (Å²) >= 11 is 3.75. The number of benzene rings is 2. The van der Waals surface area contributed by atoms with Gasteiger partial charge in [-0.3, -0.25) is 4.79 Å². The number of carbonyl (C=O) groups is 1. The molecule has 3 rings (SSSR count). The number of nitrogens with one attached hydrogen (secondary N) is 1. The first-order valence-corrected chi connectivity index (χ1v) is 14.1. The fourth-order valence-corrected chi connectivity index (χ4v) is 5.14. The zero-order valence-electron chi connectivity index (χ0n) is 20.4. The van der Waals surface area contributed by atoms with Crippen molar-refractivity contribution in [2.24, 2.45) is 5.73 Å². The highest BCUT2D eigenvalue weighted by molar-refractivity contribution is 8.00. The van der Waals surface area contributed by atoms with Crippen molar-refractivity contribution in [3.63, 3.8) is 0 Å². The van der Waals surface area contributed by atoms with E-state index in [0.29, 0.717) is 0 Å². The number of anilines is 2. The number of amides is 1. The number of thioether (sulfide) groups is 1. The average Bonchev–Trinajstić information content (AvgIpc) is 2.87. The molecule has 1 aliphatic rings. The van der Waals surface area contributed by atoms with Gasteiger partial charge in [-0.05, 0) is 48.1 Å². The Bertz CT molecular complexity index is 810. The van der Waals surface area contributed by atoms with Gasteiger partial charge in [0, 0.05) is 55.6 Å². The molecule has 182 valence electrons. The maximum Gasteiger partial charge on any atom is 0.204 e. The van der Waals surface area contributed by atoms with Crippen LogP contribution in [0.2, 0.25) is 0 Å². The number of nitrogens with two attached hydrogens (primary N) is 1. The van der Waals surface area contributed by atoms with E-state index in [2.05, 4.69) is 82.9 Å². The summed E-state index contributed by atoms with van der Waals surface area (Å²) in [5.41, 5.74) is 9.39. The largest absolute Gasteiger partial charge is 0.372 e. The Morgan fingerprint density at radius 2 is 1.73 bits per heavy atom. The number of hydrogen-bond acceptors (Lipinski definition) is 6. The van der Waals surface area contributed by atoms with Crippen LogP contribution >= 0.6 is 23.7 Å². The number of carbonyl (C=O) groups excluding carboxylic acids is 1. The van der Waals surface area contributed by atoms with E-state index in [1.165, 1.54) is 65.3 Å². The molecule has 0 bridgehead atoms. The lowest BCUT2D eigenvalue weighted by atomic mass is 10.0. The summed E-state index contributed by atoms with van der Waals surface area (Å²) in [5.74, 6) is 1.22. The second-order valence-electron chi connectivity index (χ2n) is 8.04. The van der Waals surface area contributed by atoms with Gasteiger partial charge in [0.25, 0.3) is 0 Å². The van der Waals surface area contributed by atoms with Crippen LogP contribution in [0.4, 0.5) is 11.4 Å². The van der Waals surface area contributed by atoms with Crippen LogP contribution < -0.4 is 20.3 Å². The molecule has 1 saturated heterocycles. The van der Waals surface area contributed by atoms with Crippen LogP contribution in [0.15, 0.2) is 47.4 Å². The predicted molar refractivity (Wildman–Crippen MR) is 149 cm³/mol. The molecule has 7 heteroatoms. The zero-order valence-corrected chi connectivity index (χ0v) is 22.0. The van der Waals surface area contributed by atoms with Crippen molar-refractivity contribution in [3.05, 3.63) is 42.5 Å². The summed E-state index contributed by atoms with van der Waals surface area (Å²) in [6.07, 6.45) is 9.14. The molecule has 0 aromatic heterocycles. The van der Waals surface area contributed by atoms with E-state index in [9.17, 15) is 0 Å². The van der Waals surface area contributed by atoms with Gasteiger partial charge in [-0.25, -0.2) is 0 Å². The van der Waals surface area contributed by atoms with Gasteiger partial charge in [-0.1, -0.05) is 56.7 Å². The highest BCUT2D eigenvalue weighted by Gasteiger charge is 2.15. The summed E-state index contributed by atoms with van der Waals surface area (Å²) in [4.78, 5) is 12.5. The minimum atomic E-state index is 0.250. The van der Waals surface area contributed by atoms with E-state index in [0.717, 1.165) is 26.2 Å². The summed E-state index contributed by atoms with van der Waals surface area (Å²) < 4.78 is 2.26. The van der Waals surface area contributed by atoms with Crippen molar-refractivity contribution < 1.29 is 4.79 Å². The first kappa shape index (κ1) is 27.4. The van der Waals surface area contributed by atoms with Crippen molar-refractivity contribution in [1.82, 2.24) is 5.32 Å². The minimum Gasteiger partial charge on any atom is -0.372 e. The standard InChI is InChI=1S/C25H37N3S2.CH3NO/c1-4-5-6-7-8-19-30-23-12-9-21(10-13-23)24-20-22(28-17-15-26-16-18-28)11-14-25(24)27(2)29-3;2-1-3/h9-14,20,26H,4-8,15-19H2,1-3H3;1H,(H2,2,3). The molecule has 1 amide bonds. The third-order valence-corrected chi connectivity index (χ3v) is 7.60. The first-order chi connectivity index (χ1) is 16.1. The van der Waals surface area contributed by atoms with E-state index in [1.54, 1.807) is 11.9 Å². The minimum absolute atomic E-state index is 0.250. The van der Waals surface area contributed by atoms with Crippen LogP contribution in [-0.2, 0) is 4.79 Å². The van der Waals surface area contributed by atoms with Gasteiger partial charge >= 0.3 is 0 Å². The van der Waals surface area contributed by atoms with E-state index in [1.807, 2.05) is 11.8 Å². The van der Waals surface area contributed by atoms with Gasteiger partial charge in [-0.15, -0.1) is 11.8 Å². The lowest BCUT2D eigenvalue weighted by Crippen LogP contribution is -2.43. The molecule has 1 fully saturated rings. The summed E-state index contributed by atoms with van der Waals surface area (Å²) in [7, 11) is 2.15. The molecule has 5 nitrogen and oxygen atoms in total. The van der Waals surface area contributed by atoms with Crippen LogP contribution in [0.1, 0.15) is 39.0 Å². The molecule has 0 spiro atoms. The second kappa shape index (κ2) is 15.9. The Labute approximate surface area is 209 Å². The third-order valence-electron chi connectivity index (χ3n) is 5.76. The molecule has 0 unspecified atom stereocenters. The summed E-state index contributed by atoms with van der Waals surface area (Å²) in [6.45, 7) is 6.55. The summed E-state index contributed by atoms with van der Waals surface area (Å²) in [6, 6.07) is 16.1. The smallest absolute Gasteiger partial charge is 0.204 e. The SMILES string of the molecule is CCCCCCCSc1ccc(-c2cc(N3CCNCC3)ccc2N(C)SC)cc1.NC=O. The van der Waals surface area contributed by atoms with Crippen LogP contribution in [-0.4, -0.2) is 51.6 Å². The molecule has 0 atom stereocenters. The van der Waals surface area contributed by atoms with E-state index >= 15 is 0 Å². The molecule has 1 aliphatic heterocycles. The maximum atomic E-state index is 8.58. The van der Waals surface area contributed by atoms with Crippen LogP contribution in [0.25, 0.3) is 11.1 Å². The van der Waals surface area contributed by atoms with Gasteiger partial charge < -0.3 is 20.3 Å². The predicted octanol–water partition coefficient (Wildman–Crippen LogP) is 5.64. The van der Waals surface area contributed by atoms with Gasteiger partial charge in [0.2, 0.25) is 6.41 Å². The van der Waals surface area contributed by atoms with Crippen LogP contribution in [0, 0.1) is 0 Å². The van der Waals surface area contributed by atoms with E-state index in [4.69, 9.17) is 4.79 Å². The Morgan fingerprint density at radius 3 is 2.36 bits per heavy atom.